The number of anilines is 1. The van der Waals surface area contributed by atoms with Crippen molar-refractivity contribution in [2.24, 2.45) is 0 Å². The van der Waals surface area contributed by atoms with Gasteiger partial charge in [0.15, 0.2) is 17.2 Å². The Balaban J connectivity index is 1.56. The molecule has 0 saturated carbocycles. The number of amides is 2. The minimum atomic E-state index is -0.941. The van der Waals surface area contributed by atoms with Crippen LogP contribution in [0.3, 0.4) is 0 Å². The zero-order chi connectivity index (χ0) is 18.8. The third-order valence-corrected chi connectivity index (χ3v) is 5.08. The van der Waals surface area contributed by atoms with Crippen LogP contribution < -0.4 is 24.4 Å². The van der Waals surface area contributed by atoms with Gasteiger partial charge in [-0.05, 0) is 25.1 Å². The van der Waals surface area contributed by atoms with Crippen LogP contribution in [0.5, 0.6) is 17.2 Å². The second-order valence-electron chi connectivity index (χ2n) is 6.84. The summed E-state index contributed by atoms with van der Waals surface area (Å²) in [6, 6.07) is 8.98. The molecular formula is C18H15N3O6. The van der Waals surface area contributed by atoms with Crippen LogP contribution in [0.1, 0.15) is 24.9 Å². The number of nitrogens with one attached hydrogen (secondary N) is 1. The van der Waals surface area contributed by atoms with Crippen LogP contribution in [-0.2, 0) is 0 Å². The molecule has 9 nitrogen and oxygen atoms in total. The maximum atomic E-state index is 12.9. The van der Waals surface area contributed by atoms with E-state index >= 15 is 0 Å². The van der Waals surface area contributed by atoms with Crippen molar-refractivity contribution in [1.29, 1.82) is 0 Å². The highest BCUT2D eigenvalue weighted by Crippen LogP contribution is 2.47. The van der Waals surface area contributed by atoms with Crippen LogP contribution in [0.4, 0.5) is 16.2 Å². The summed E-state index contributed by atoms with van der Waals surface area (Å²) >= 11 is 0. The second kappa shape index (κ2) is 5.26. The van der Waals surface area contributed by atoms with Crippen LogP contribution in [0.25, 0.3) is 0 Å². The Bertz CT molecular complexity index is 993. The number of nitrogens with zero attached hydrogens (tertiary/aromatic N) is 2. The van der Waals surface area contributed by atoms with Crippen molar-refractivity contribution in [2.45, 2.75) is 25.1 Å². The molecular weight excluding hydrogens is 354 g/mol. The lowest BCUT2D eigenvalue weighted by molar-refractivity contribution is -0.385. The first-order valence-corrected chi connectivity index (χ1v) is 8.42. The van der Waals surface area contributed by atoms with E-state index in [2.05, 4.69) is 5.32 Å². The molecule has 2 bridgehead atoms. The van der Waals surface area contributed by atoms with Crippen LogP contribution >= 0.6 is 0 Å². The Morgan fingerprint density at radius 3 is 2.78 bits per heavy atom. The molecule has 138 valence electrons. The monoisotopic (exact) mass is 369 g/mol. The van der Waals surface area contributed by atoms with E-state index in [-0.39, 0.29) is 24.6 Å². The number of ether oxygens (including phenoxy) is 3. The van der Waals surface area contributed by atoms with Crippen molar-refractivity contribution in [3.8, 4) is 17.2 Å². The number of carbonyl (C=O) groups is 1. The molecule has 3 heterocycles. The van der Waals surface area contributed by atoms with Crippen molar-refractivity contribution >= 4 is 17.4 Å². The number of hydrogen-bond acceptors (Lipinski definition) is 6. The van der Waals surface area contributed by atoms with Gasteiger partial charge in [0.1, 0.15) is 5.75 Å². The normalized spacial score (nSPS) is 24.7. The van der Waals surface area contributed by atoms with E-state index in [1.54, 1.807) is 24.3 Å². The van der Waals surface area contributed by atoms with Crippen LogP contribution in [0.2, 0.25) is 0 Å². The first-order chi connectivity index (χ1) is 12.9. The van der Waals surface area contributed by atoms with Gasteiger partial charge in [-0.3, -0.25) is 15.0 Å². The standard InChI is InChI=1S/C18H15N3O6/c1-18-8-13(12-6-11(21(23)24)3-4-14(12)27-18)19-17(22)20(18)10-2-5-15-16(7-10)26-9-25-15/h2-7,13H,8-9H2,1H3,(H,19,22). The Hall–Kier alpha value is -3.49. The summed E-state index contributed by atoms with van der Waals surface area (Å²) in [5, 5.41) is 14.0. The summed E-state index contributed by atoms with van der Waals surface area (Å²) in [4.78, 5) is 25.0. The van der Waals surface area contributed by atoms with Crippen molar-refractivity contribution in [2.75, 3.05) is 11.7 Å². The predicted octanol–water partition coefficient (Wildman–Crippen LogP) is 3.09. The molecule has 3 aliphatic rings. The number of benzene rings is 2. The molecule has 3 aliphatic heterocycles. The van der Waals surface area contributed by atoms with Crippen LogP contribution in [0, 0.1) is 10.1 Å². The average molecular weight is 369 g/mol. The number of hydrogen-bond donors (Lipinski definition) is 1. The quantitative estimate of drug-likeness (QED) is 0.644. The van der Waals surface area contributed by atoms with Gasteiger partial charge >= 0.3 is 6.03 Å². The molecule has 0 spiro atoms. The lowest BCUT2D eigenvalue weighted by Crippen LogP contribution is -2.65. The number of nitro benzene ring substituents is 1. The highest BCUT2D eigenvalue weighted by Gasteiger charge is 2.50. The van der Waals surface area contributed by atoms with Gasteiger partial charge in [0.2, 0.25) is 6.79 Å². The van der Waals surface area contributed by atoms with Gasteiger partial charge in [-0.15, -0.1) is 0 Å². The third kappa shape index (κ3) is 2.28. The van der Waals surface area contributed by atoms with Gasteiger partial charge < -0.3 is 19.5 Å². The van der Waals surface area contributed by atoms with E-state index in [4.69, 9.17) is 14.2 Å². The molecule has 27 heavy (non-hydrogen) atoms. The highest BCUT2D eigenvalue weighted by atomic mass is 16.7. The van der Waals surface area contributed by atoms with Crippen LogP contribution in [-0.4, -0.2) is 23.5 Å². The fourth-order valence-electron chi connectivity index (χ4n) is 3.89. The van der Waals surface area contributed by atoms with Gasteiger partial charge in [0, 0.05) is 30.2 Å². The topological polar surface area (TPSA) is 103 Å². The number of rotatable bonds is 2. The van der Waals surface area contributed by atoms with Crippen molar-refractivity contribution in [1.82, 2.24) is 5.32 Å². The molecule has 0 radical (unpaired) electrons. The predicted molar refractivity (Wildman–Crippen MR) is 93.1 cm³/mol. The summed E-state index contributed by atoms with van der Waals surface area (Å²) in [6.07, 6.45) is 0.446. The maximum absolute atomic E-state index is 12.9. The zero-order valence-corrected chi connectivity index (χ0v) is 14.3. The molecule has 1 N–H and O–H groups in total. The van der Waals surface area contributed by atoms with Crippen molar-refractivity contribution in [3.63, 3.8) is 0 Å². The van der Waals surface area contributed by atoms with Gasteiger partial charge in [-0.25, -0.2) is 4.79 Å². The maximum Gasteiger partial charge on any atom is 0.325 e. The minimum Gasteiger partial charge on any atom is -0.467 e. The summed E-state index contributed by atoms with van der Waals surface area (Å²) < 4.78 is 16.9. The van der Waals surface area contributed by atoms with Gasteiger partial charge in [-0.1, -0.05) is 0 Å². The molecule has 9 heteroatoms. The molecule has 0 aromatic heterocycles. The number of non-ortho nitro benzene ring substituents is 1. The zero-order valence-electron chi connectivity index (χ0n) is 14.3. The van der Waals surface area contributed by atoms with Gasteiger partial charge in [0.05, 0.1) is 16.7 Å². The lowest BCUT2D eigenvalue weighted by Gasteiger charge is -2.50. The third-order valence-electron chi connectivity index (χ3n) is 5.08. The van der Waals surface area contributed by atoms with E-state index in [0.29, 0.717) is 34.9 Å². The van der Waals surface area contributed by atoms with E-state index in [0.717, 1.165) is 0 Å². The summed E-state index contributed by atoms with van der Waals surface area (Å²) in [7, 11) is 0. The van der Waals surface area contributed by atoms with Crippen molar-refractivity contribution in [3.05, 3.63) is 52.1 Å². The Kier molecular flexibility index (Phi) is 3.06. The van der Waals surface area contributed by atoms with Gasteiger partial charge in [-0.2, -0.15) is 0 Å². The molecule has 2 aromatic carbocycles. The molecule has 1 saturated heterocycles. The lowest BCUT2D eigenvalue weighted by atomic mass is 9.90. The SMILES string of the molecule is CC12CC(NC(=O)N1c1ccc3c(c1)OCO3)c1cc([N+](=O)[O-])ccc1O2. The van der Waals surface area contributed by atoms with Gasteiger partial charge in [0.25, 0.3) is 5.69 Å². The first-order valence-electron chi connectivity index (χ1n) is 8.42. The largest absolute Gasteiger partial charge is 0.467 e. The number of carbonyl (C=O) groups excluding carboxylic acids is 1. The average Bonchev–Trinajstić information content (AvgIpc) is 3.08. The molecule has 2 atom stereocenters. The molecule has 5 rings (SSSR count). The second-order valence-corrected chi connectivity index (χ2v) is 6.84. The summed E-state index contributed by atoms with van der Waals surface area (Å²) in [5.74, 6) is 1.71. The fourth-order valence-corrected chi connectivity index (χ4v) is 3.89. The Labute approximate surface area is 153 Å². The number of urea groups is 1. The highest BCUT2D eigenvalue weighted by molar-refractivity contribution is 5.95. The van der Waals surface area contributed by atoms with Crippen LogP contribution in [0.15, 0.2) is 36.4 Å². The van der Waals surface area contributed by atoms with E-state index in [1.807, 2.05) is 6.92 Å². The smallest absolute Gasteiger partial charge is 0.325 e. The van der Waals surface area contributed by atoms with E-state index < -0.39 is 10.6 Å². The number of nitro groups is 1. The fraction of sp³-hybridized carbons (Fsp3) is 0.278. The molecule has 1 fully saturated rings. The van der Waals surface area contributed by atoms with Crippen molar-refractivity contribution < 1.29 is 23.9 Å². The molecule has 2 aromatic rings. The molecule has 2 amide bonds. The Morgan fingerprint density at radius 2 is 1.96 bits per heavy atom. The Morgan fingerprint density at radius 1 is 1.19 bits per heavy atom. The number of fused-ring (bicyclic) bond motifs is 5. The van der Waals surface area contributed by atoms with E-state index in [9.17, 15) is 14.9 Å². The molecule has 2 unspecified atom stereocenters. The summed E-state index contributed by atoms with van der Waals surface area (Å²) in [6.45, 7) is 1.97. The summed E-state index contributed by atoms with van der Waals surface area (Å²) in [5.41, 5.74) is 0.251. The van der Waals surface area contributed by atoms with E-state index in [1.165, 1.54) is 17.0 Å². The first kappa shape index (κ1) is 15.7. The molecule has 0 aliphatic carbocycles. The minimum absolute atomic E-state index is 0.0339.